The predicted molar refractivity (Wildman–Crippen MR) is 128 cm³/mol. The van der Waals surface area contributed by atoms with Crippen molar-refractivity contribution in [3.05, 3.63) is 41.2 Å². The number of nitrogens with zero attached hydrogens (tertiary/aromatic N) is 4. The van der Waals surface area contributed by atoms with Gasteiger partial charge in [0.15, 0.2) is 0 Å². The normalized spacial score (nSPS) is 18.7. The first kappa shape index (κ1) is 23.2. The van der Waals surface area contributed by atoms with E-state index in [1.807, 2.05) is 0 Å². The summed E-state index contributed by atoms with van der Waals surface area (Å²) in [4.78, 5) is 2.41. The first-order valence-corrected chi connectivity index (χ1v) is 12.4. The minimum absolute atomic E-state index is 0.129. The van der Waals surface area contributed by atoms with Crippen LogP contribution < -0.4 is 4.90 Å². The number of fused-ring (bicyclic) bond motifs is 2. The molecule has 1 spiro atoms. The number of hydrogen-bond acceptors (Lipinski definition) is 5. The van der Waals surface area contributed by atoms with E-state index in [9.17, 15) is 0 Å². The van der Waals surface area contributed by atoms with Gasteiger partial charge in [-0.3, -0.25) is 4.57 Å². The maximum absolute atomic E-state index is 6.37. The van der Waals surface area contributed by atoms with Gasteiger partial charge in [-0.25, -0.2) is 0 Å². The molecule has 1 atom stereocenters. The minimum atomic E-state index is -0.129. The van der Waals surface area contributed by atoms with Crippen LogP contribution in [0.4, 0.5) is 5.95 Å². The molecule has 32 heavy (non-hydrogen) atoms. The smallest absolute Gasteiger partial charge is 0.227 e. The number of piperidine rings is 1. The van der Waals surface area contributed by atoms with Gasteiger partial charge in [0.05, 0.1) is 18.3 Å². The lowest BCUT2D eigenvalue weighted by atomic mass is 9.84. The first-order valence-electron chi connectivity index (χ1n) is 12.4. The summed E-state index contributed by atoms with van der Waals surface area (Å²) in [5, 5.41) is 9.30. The van der Waals surface area contributed by atoms with Gasteiger partial charge in [-0.15, -0.1) is 10.2 Å². The molecule has 176 valence electrons. The van der Waals surface area contributed by atoms with Crippen molar-refractivity contribution in [2.45, 2.75) is 85.2 Å². The third-order valence-corrected chi connectivity index (χ3v) is 7.03. The van der Waals surface area contributed by atoms with Gasteiger partial charge in [-0.1, -0.05) is 52.0 Å². The molecular formula is C26H40N4O2. The van der Waals surface area contributed by atoms with Crippen molar-refractivity contribution < 1.29 is 9.47 Å². The van der Waals surface area contributed by atoms with E-state index in [0.717, 1.165) is 70.3 Å². The van der Waals surface area contributed by atoms with Crippen LogP contribution in [0.1, 0.15) is 70.8 Å². The Kier molecular flexibility index (Phi) is 7.21. The zero-order valence-corrected chi connectivity index (χ0v) is 20.5. The number of hydrogen-bond donors (Lipinski definition) is 0. The summed E-state index contributed by atoms with van der Waals surface area (Å²) < 4.78 is 14.7. The van der Waals surface area contributed by atoms with Gasteiger partial charge in [0.1, 0.15) is 5.82 Å². The zero-order valence-electron chi connectivity index (χ0n) is 20.5. The number of aromatic nitrogens is 3. The number of rotatable bonds is 9. The summed E-state index contributed by atoms with van der Waals surface area (Å²) in [6, 6.07) is 8.71. The standard InChI is InChI=1S/C26H40N4O2/c1-6-31-23(20(4)5)11-14-30-24(17-19(2)3)27-28-25(30)29-15-12-26(13-16-29)22-10-8-7-9-21(22)18-32-26/h7-10,19-20,23H,6,11-18H2,1-5H3. The Bertz CT molecular complexity index is 884. The molecule has 1 aromatic carbocycles. The van der Waals surface area contributed by atoms with E-state index in [-0.39, 0.29) is 11.7 Å². The van der Waals surface area contributed by atoms with E-state index < -0.39 is 0 Å². The molecule has 2 aliphatic heterocycles. The van der Waals surface area contributed by atoms with Crippen LogP contribution in [0.15, 0.2) is 24.3 Å². The number of benzene rings is 1. The summed E-state index contributed by atoms with van der Waals surface area (Å²) in [7, 11) is 0. The van der Waals surface area contributed by atoms with Crippen molar-refractivity contribution in [1.29, 1.82) is 0 Å². The van der Waals surface area contributed by atoms with Crippen LogP contribution in [-0.2, 0) is 34.6 Å². The van der Waals surface area contributed by atoms with Crippen LogP contribution in [-0.4, -0.2) is 40.6 Å². The fraction of sp³-hybridized carbons (Fsp3) is 0.692. The van der Waals surface area contributed by atoms with E-state index in [0.29, 0.717) is 11.8 Å². The van der Waals surface area contributed by atoms with Crippen LogP contribution in [0.5, 0.6) is 0 Å². The highest BCUT2D eigenvalue weighted by Gasteiger charge is 2.43. The molecule has 6 nitrogen and oxygen atoms in total. The molecule has 6 heteroatoms. The average Bonchev–Trinajstić information content (AvgIpc) is 3.33. The lowest BCUT2D eigenvalue weighted by Crippen LogP contribution is -2.43. The second-order valence-corrected chi connectivity index (χ2v) is 10.1. The minimum Gasteiger partial charge on any atom is -0.378 e. The van der Waals surface area contributed by atoms with E-state index >= 15 is 0 Å². The summed E-state index contributed by atoms with van der Waals surface area (Å²) in [6.45, 7) is 15.3. The molecule has 0 radical (unpaired) electrons. The molecule has 3 heterocycles. The Labute approximate surface area is 193 Å². The van der Waals surface area contributed by atoms with Crippen LogP contribution in [0.25, 0.3) is 0 Å². The van der Waals surface area contributed by atoms with Crippen molar-refractivity contribution >= 4 is 5.95 Å². The van der Waals surface area contributed by atoms with Gasteiger partial charge in [-0.2, -0.15) is 0 Å². The van der Waals surface area contributed by atoms with Crippen LogP contribution in [0, 0.1) is 11.8 Å². The highest BCUT2D eigenvalue weighted by atomic mass is 16.5. The molecule has 1 saturated heterocycles. The molecule has 0 amide bonds. The SMILES string of the molecule is CCOC(CCn1c(CC(C)C)nnc1N1CCC2(CC1)OCc1ccccc12)C(C)C. The van der Waals surface area contributed by atoms with Crippen LogP contribution in [0.2, 0.25) is 0 Å². The van der Waals surface area contributed by atoms with Gasteiger partial charge >= 0.3 is 0 Å². The molecule has 1 fully saturated rings. The lowest BCUT2D eigenvalue weighted by molar-refractivity contribution is -0.0553. The monoisotopic (exact) mass is 440 g/mol. The topological polar surface area (TPSA) is 52.4 Å². The quantitative estimate of drug-likeness (QED) is 0.552. The third kappa shape index (κ3) is 4.72. The second kappa shape index (κ2) is 9.92. The molecule has 2 aliphatic rings. The van der Waals surface area contributed by atoms with E-state index in [1.54, 1.807) is 0 Å². The Balaban J connectivity index is 1.50. The molecule has 2 aromatic rings. The van der Waals surface area contributed by atoms with Crippen LogP contribution in [0.3, 0.4) is 0 Å². The largest absolute Gasteiger partial charge is 0.378 e. The second-order valence-electron chi connectivity index (χ2n) is 10.1. The average molecular weight is 441 g/mol. The molecule has 0 aliphatic carbocycles. The Morgan fingerprint density at radius 2 is 1.84 bits per heavy atom. The number of ether oxygens (including phenoxy) is 2. The summed E-state index contributed by atoms with van der Waals surface area (Å²) >= 11 is 0. The van der Waals surface area contributed by atoms with Crippen molar-refractivity contribution in [1.82, 2.24) is 14.8 Å². The highest BCUT2D eigenvalue weighted by molar-refractivity contribution is 5.39. The summed E-state index contributed by atoms with van der Waals surface area (Å²) in [5.41, 5.74) is 2.60. The maximum Gasteiger partial charge on any atom is 0.227 e. The summed E-state index contributed by atoms with van der Waals surface area (Å²) in [5.74, 6) is 3.15. The lowest BCUT2D eigenvalue weighted by Gasteiger charge is -2.39. The van der Waals surface area contributed by atoms with E-state index in [2.05, 4.69) is 78.5 Å². The molecular weight excluding hydrogens is 400 g/mol. The van der Waals surface area contributed by atoms with E-state index in [1.165, 1.54) is 11.1 Å². The Morgan fingerprint density at radius 3 is 2.53 bits per heavy atom. The molecule has 4 rings (SSSR count). The van der Waals surface area contributed by atoms with Crippen molar-refractivity contribution in [2.75, 3.05) is 24.6 Å². The van der Waals surface area contributed by atoms with E-state index in [4.69, 9.17) is 9.47 Å². The van der Waals surface area contributed by atoms with Crippen molar-refractivity contribution in [2.24, 2.45) is 11.8 Å². The van der Waals surface area contributed by atoms with Crippen molar-refractivity contribution in [3.8, 4) is 0 Å². The van der Waals surface area contributed by atoms with Crippen LogP contribution >= 0.6 is 0 Å². The van der Waals surface area contributed by atoms with Gasteiger partial charge < -0.3 is 14.4 Å². The Hall–Kier alpha value is -1.92. The third-order valence-electron chi connectivity index (χ3n) is 7.03. The molecule has 0 bridgehead atoms. The van der Waals surface area contributed by atoms with Gasteiger partial charge in [0, 0.05) is 32.7 Å². The number of anilines is 1. The zero-order chi connectivity index (χ0) is 22.7. The van der Waals surface area contributed by atoms with Gasteiger partial charge in [0.2, 0.25) is 5.95 Å². The predicted octanol–water partition coefficient (Wildman–Crippen LogP) is 4.95. The van der Waals surface area contributed by atoms with Crippen molar-refractivity contribution in [3.63, 3.8) is 0 Å². The molecule has 0 saturated carbocycles. The molecule has 1 unspecified atom stereocenters. The fourth-order valence-electron chi connectivity index (χ4n) is 5.25. The van der Waals surface area contributed by atoms with Gasteiger partial charge in [-0.05, 0) is 49.1 Å². The molecule has 0 N–H and O–H groups in total. The first-order chi connectivity index (χ1) is 15.4. The summed E-state index contributed by atoms with van der Waals surface area (Å²) in [6.07, 6.45) is 4.17. The fourth-order valence-corrected chi connectivity index (χ4v) is 5.25. The maximum atomic E-state index is 6.37. The Morgan fingerprint density at radius 1 is 1.09 bits per heavy atom. The molecule has 1 aromatic heterocycles. The van der Waals surface area contributed by atoms with Gasteiger partial charge in [0.25, 0.3) is 0 Å². The highest BCUT2D eigenvalue weighted by Crippen LogP contribution is 2.44.